The van der Waals surface area contributed by atoms with Gasteiger partial charge in [-0.1, -0.05) is 67.1 Å². The van der Waals surface area contributed by atoms with Crippen molar-refractivity contribution in [1.29, 1.82) is 0 Å². The summed E-state index contributed by atoms with van der Waals surface area (Å²) < 4.78 is 26.8. The van der Waals surface area contributed by atoms with Crippen molar-refractivity contribution in [3.63, 3.8) is 0 Å². The Labute approximate surface area is 249 Å². The van der Waals surface area contributed by atoms with E-state index >= 15 is 0 Å². The molecule has 0 radical (unpaired) electrons. The second-order valence-electron chi connectivity index (χ2n) is 10.4. The number of rotatable bonds is 14. The fraction of sp³-hybridized carbons (Fsp3) is 0.375. The van der Waals surface area contributed by atoms with Crippen LogP contribution < -0.4 is 9.62 Å². The van der Waals surface area contributed by atoms with E-state index in [1.54, 1.807) is 17.0 Å². The first kappa shape index (κ1) is 32.2. The predicted molar refractivity (Wildman–Crippen MR) is 167 cm³/mol. The summed E-state index contributed by atoms with van der Waals surface area (Å²) in [7, 11) is -3.57. The number of hydrogen-bond donors (Lipinski definition) is 1. The van der Waals surface area contributed by atoms with E-state index < -0.39 is 16.1 Å². The van der Waals surface area contributed by atoms with Gasteiger partial charge in [0.25, 0.3) is 0 Å². The lowest BCUT2D eigenvalue weighted by atomic mass is 10.0. The fourth-order valence-electron chi connectivity index (χ4n) is 4.85. The summed E-state index contributed by atoms with van der Waals surface area (Å²) in [5.41, 5.74) is 4.24. The highest BCUT2D eigenvalue weighted by molar-refractivity contribution is 7.92. The molecular weight excluding hydrogens is 558 g/mol. The van der Waals surface area contributed by atoms with E-state index in [9.17, 15) is 18.0 Å². The third-order valence-corrected chi connectivity index (χ3v) is 8.14. The Bertz CT molecular complexity index is 1410. The first-order chi connectivity index (χ1) is 19.5. The highest BCUT2D eigenvalue weighted by atomic mass is 35.5. The van der Waals surface area contributed by atoms with E-state index in [0.29, 0.717) is 30.1 Å². The molecular formula is C32H40ClN3O4S. The van der Waals surface area contributed by atoms with Crippen LogP contribution in [0.5, 0.6) is 0 Å². The van der Waals surface area contributed by atoms with Crippen molar-refractivity contribution < 1.29 is 18.0 Å². The third-order valence-electron chi connectivity index (χ3n) is 6.71. The van der Waals surface area contributed by atoms with E-state index in [2.05, 4.69) is 5.32 Å². The van der Waals surface area contributed by atoms with Crippen LogP contribution in [-0.2, 0) is 32.6 Å². The number of carbonyl (C=O) groups is 2. The summed E-state index contributed by atoms with van der Waals surface area (Å²) in [5, 5.41) is 3.51. The van der Waals surface area contributed by atoms with Gasteiger partial charge in [-0.15, -0.1) is 0 Å². The Morgan fingerprint density at radius 1 is 0.927 bits per heavy atom. The smallest absolute Gasteiger partial charge is 0.243 e. The summed E-state index contributed by atoms with van der Waals surface area (Å²) in [6, 6.07) is 21.7. The topological polar surface area (TPSA) is 86.8 Å². The summed E-state index contributed by atoms with van der Waals surface area (Å²) in [5.74, 6) is -0.453. The molecule has 9 heteroatoms. The Hall–Kier alpha value is -3.36. The van der Waals surface area contributed by atoms with Crippen LogP contribution in [0.2, 0.25) is 5.02 Å². The SMILES string of the molecule is CCCNC(=O)[C@H](Cc1ccccc1)N(Cc1cccc(Cl)c1)C(=O)CCCN(c1cc(C)cc(C)c1)S(C)(=O)=O. The molecule has 3 rings (SSSR count). The Morgan fingerprint density at radius 3 is 2.20 bits per heavy atom. The monoisotopic (exact) mass is 597 g/mol. The number of anilines is 1. The minimum Gasteiger partial charge on any atom is -0.354 e. The van der Waals surface area contributed by atoms with E-state index in [1.807, 2.05) is 81.4 Å². The molecule has 0 aromatic heterocycles. The number of halogens is 1. The van der Waals surface area contributed by atoms with Gasteiger partial charge in [-0.2, -0.15) is 0 Å². The summed E-state index contributed by atoms with van der Waals surface area (Å²) in [6.07, 6.45) is 2.65. The minimum absolute atomic E-state index is 0.0731. The number of amides is 2. The molecule has 0 unspecified atom stereocenters. The molecule has 0 saturated heterocycles. The molecule has 0 spiro atoms. The molecule has 41 heavy (non-hydrogen) atoms. The molecule has 0 heterocycles. The molecule has 7 nitrogen and oxygen atoms in total. The lowest BCUT2D eigenvalue weighted by molar-refractivity contribution is -0.141. The molecule has 0 aliphatic rings. The fourth-order valence-corrected chi connectivity index (χ4v) is 6.01. The van der Waals surface area contributed by atoms with Crippen molar-refractivity contribution in [3.8, 4) is 0 Å². The van der Waals surface area contributed by atoms with Gasteiger partial charge in [0.2, 0.25) is 21.8 Å². The van der Waals surface area contributed by atoms with Crippen molar-refractivity contribution in [3.05, 3.63) is 100 Å². The zero-order valence-corrected chi connectivity index (χ0v) is 25.8. The molecule has 0 fully saturated rings. The van der Waals surface area contributed by atoms with Crippen LogP contribution in [0.4, 0.5) is 5.69 Å². The van der Waals surface area contributed by atoms with Gasteiger partial charge in [0.05, 0.1) is 11.9 Å². The molecule has 0 aliphatic heterocycles. The first-order valence-corrected chi connectivity index (χ1v) is 16.1. The Balaban J connectivity index is 1.88. The lowest BCUT2D eigenvalue weighted by Gasteiger charge is -2.32. The van der Waals surface area contributed by atoms with Gasteiger partial charge in [-0.05, 0) is 73.2 Å². The quantitative estimate of drug-likeness (QED) is 0.259. The second kappa shape index (κ2) is 15.0. The van der Waals surface area contributed by atoms with Crippen LogP contribution in [-0.4, -0.2) is 50.5 Å². The van der Waals surface area contributed by atoms with Crippen molar-refractivity contribution in [2.24, 2.45) is 0 Å². The molecule has 2 amide bonds. The van der Waals surface area contributed by atoms with Crippen LogP contribution in [0.1, 0.15) is 48.4 Å². The van der Waals surface area contributed by atoms with Gasteiger partial charge in [0.15, 0.2) is 0 Å². The van der Waals surface area contributed by atoms with Gasteiger partial charge in [0.1, 0.15) is 6.04 Å². The molecule has 220 valence electrons. The normalized spacial score (nSPS) is 12.0. The van der Waals surface area contributed by atoms with Crippen molar-refractivity contribution in [2.45, 2.75) is 59.0 Å². The first-order valence-electron chi connectivity index (χ1n) is 13.9. The standard InChI is InChI=1S/C32H40ClN3O4S/c1-5-16-34-32(38)30(22-26-11-7-6-8-12-26)35(23-27-13-9-14-28(33)21-27)31(37)15-10-17-36(41(4,39)40)29-19-24(2)18-25(3)20-29/h6-9,11-14,18-21,30H,5,10,15-17,22-23H2,1-4H3,(H,34,38)/t30-/m0/s1. The van der Waals surface area contributed by atoms with Crippen LogP contribution in [0.15, 0.2) is 72.8 Å². The summed E-state index contributed by atoms with van der Waals surface area (Å²) in [4.78, 5) is 28.9. The maximum Gasteiger partial charge on any atom is 0.243 e. The molecule has 1 N–H and O–H groups in total. The molecule has 0 saturated carbocycles. The lowest BCUT2D eigenvalue weighted by Crippen LogP contribution is -2.50. The van der Waals surface area contributed by atoms with Crippen molar-refractivity contribution >= 4 is 39.1 Å². The minimum atomic E-state index is -3.57. The van der Waals surface area contributed by atoms with E-state index in [1.165, 1.54) is 10.6 Å². The number of carbonyl (C=O) groups excluding carboxylic acids is 2. The van der Waals surface area contributed by atoms with Crippen molar-refractivity contribution in [2.75, 3.05) is 23.7 Å². The molecule has 3 aromatic carbocycles. The summed E-state index contributed by atoms with van der Waals surface area (Å²) in [6.45, 7) is 6.66. The van der Waals surface area contributed by atoms with Gasteiger partial charge < -0.3 is 10.2 Å². The number of aryl methyl sites for hydroxylation is 2. The van der Waals surface area contributed by atoms with E-state index in [4.69, 9.17) is 11.6 Å². The van der Waals surface area contributed by atoms with E-state index in [0.717, 1.165) is 28.7 Å². The molecule has 0 aliphatic carbocycles. The number of sulfonamides is 1. The molecule has 1 atom stereocenters. The summed E-state index contributed by atoms with van der Waals surface area (Å²) >= 11 is 6.24. The zero-order chi connectivity index (χ0) is 30.0. The largest absolute Gasteiger partial charge is 0.354 e. The molecule has 0 bridgehead atoms. The van der Waals surface area contributed by atoms with Gasteiger partial charge >= 0.3 is 0 Å². The number of benzene rings is 3. The highest BCUT2D eigenvalue weighted by Gasteiger charge is 2.30. The average molecular weight is 598 g/mol. The maximum absolute atomic E-state index is 13.9. The number of nitrogens with zero attached hydrogens (tertiary/aromatic N) is 2. The predicted octanol–water partition coefficient (Wildman–Crippen LogP) is 5.67. The van der Waals surface area contributed by atoms with Crippen LogP contribution in [0, 0.1) is 13.8 Å². The van der Waals surface area contributed by atoms with Crippen LogP contribution >= 0.6 is 11.6 Å². The Kier molecular flexibility index (Phi) is 11.8. The van der Waals surface area contributed by atoms with Crippen LogP contribution in [0.3, 0.4) is 0 Å². The van der Waals surface area contributed by atoms with Crippen LogP contribution in [0.25, 0.3) is 0 Å². The highest BCUT2D eigenvalue weighted by Crippen LogP contribution is 2.23. The Morgan fingerprint density at radius 2 is 1.59 bits per heavy atom. The van der Waals surface area contributed by atoms with E-state index in [-0.39, 0.29) is 31.3 Å². The number of hydrogen-bond acceptors (Lipinski definition) is 4. The van der Waals surface area contributed by atoms with Crippen molar-refractivity contribution in [1.82, 2.24) is 10.2 Å². The molecule has 3 aromatic rings. The van der Waals surface area contributed by atoms with Gasteiger partial charge in [0, 0.05) is 37.5 Å². The van der Waals surface area contributed by atoms with Gasteiger partial charge in [-0.3, -0.25) is 13.9 Å². The second-order valence-corrected chi connectivity index (χ2v) is 12.8. The van der Waals surface area contributed by atoms with Gasteiger partial charge in [-0.25, -0.2) is 8.42 Å². The average Bonchev–Trinajstić information content (AvgIpc) is 2.91. The third kappa shape index (κ3) is 9.90. The number of nitrogens with one attached hydrogen (secondary N) is 1. The maximum atomic E-state index is 13.9. The zero-order valence-electron chi connectivity index (χ0n) is 24.3.